The number of ether oxygens (including phenoxy) is 1. The van der Waals surface area contributed by atoms with Gasteiger partial charge in [-0.05, 0) is 39.0 Å². The lowest BCUT2D eigenvalue weighted by Crippen LogP contribution is -3.00. The lowest BCUT2D eigenvalue weighted by Gasteiger charge is -2.15. The van der Waals surface area contributed by atoms with Crippen molar-refractivity contribution in [2.45, 2.75) is 20.8 Å². The molecule has 0 aliphatic heterocycles. The van der Waals surface area contributed by atoms with Gasteiger partial charge >= 0.3 is 0 Å². The summed E-state index contributed by atoms with van der Waals surface area (Å²) in [6.45, 7) is 8.36. The summed E-state index contributed by atoms with van der Waals surface area (Å²) >= 11 is 0. The molecular weight excluding hydrogens is 324 g/mol. The molecule has 0 unspecified atom stereocenters. The van der Waals surface area contributed by atoms with Gasteiger partial charge in [-0.15, -0.1) is 4.90 Å². The molecule has 24 heavy (non-hydrogen) atoms. The average Bonchev–Trinajstić information content (AvgIpc) is 2.58. The van der Waals surface area contributed by atoms with Gasteiger partial charge in [0.15, 0.2) is 5.75 Å². The second kappa shape index (κ2) is 9.96. The molecule has 1 radical (unpaired) electrons. The largest absolute Gasteiger partial charge is 1.00 e. The van der Waals surface area contributed by atoms with Gasteiger partial charge in [0.1, 0.15) is 13.1 Å². The minimum atomic E-state index is -0.159. The summed E-state index contributed by atoms with van der Waals surface area (Å²) in [5, 5.41) is 2.92. The Bertz CT molecular complexity index is 643. The van der Waals surface area contributed by atoms with E-state index in [2.05, 4.69) is 24.1 Å². The number of para-hydroxylation sites is 2. The molecule has 1 amide bonds. The first-order valence-corrected chi connectivity index (χ1v) is 8.08. The quantitative estimate of drug-likeness (QED) is 0.764. The molecule has 0 spiro atoms. The Morgan fingerprint density at radius 2 is 1.67 bits per heavy atom. The molecule has 0 aliphatic rings. The number of hydrogen-bond acceptors (Lipinski definition) is 3. The Kier molecular flexibility index (Phi) is 8.30. The standard InChI is InChI=1S/C19H24N2O2.ClH/c1-4-21(5-2)17-14-10-13-16(18(17)23-6-3)19(22)20-15-11-8-7-9-12-15;/h7-14H,4-6H2,1-3H3,(H,20,22);1H/q+1;/p-1. The van der Waals surface area contributed by atoms with E-state index in [1.165, 1.54) is 0 Å². The molecule has 2 aromatic carbocycles. The van der Waals surface area contributed by atoms with Crippen LogP contribution in [0.5, 0.6) is 5.75 Å². The summed E-state index contributed by atoms with van der Waals surface area (Å²) in [6.07, 6.45) is 0. The van der Waals surface area contributed by atoms with E-state index in [1.807, 2.05) is 49.4 Å². The van der Waals surface area contributed by atoms with Crippen LogP contribution >= 0.6 is 0 Å². The first-order chi connectivity index (χ1) is 11.2. The number of benzene rings is 2. The molecule has 0 saturated carbocycles. The molecule has 0 aliphatic carbocycles. The van der Waals surface area contributed by atoms with Gasteiger partial charge in [-0.1, -0.05) is 24.3 Å². The summed E-state index contributed by atoms with van der Waals surface area (Å²) < 4.78 is 5.81. The number of nitrogens with zero attached hydrogens (tertiary/aromatic N) is 1. The molecule has 2 aromatic rings. The number of anilines is 2. The van der Waals surface area contributed by atoms with Gasteiger partial charge in [0.05, 0.1) is 12.2 Å². The highest BCUT2D eigenvalue weighted by Crippen LogP contribution is 2.32. The van der Waals surface area contributed by atoms with E-state index in [9.17, 15) is 4.79 Å². The maximum Gasteiger partial charge on any atom is 0.259 e. The summed E-state index contributed by atoms with van der Waals surface area (Å²) in [6, 6.07) is 15.1. The lowest BCUT2D eigenvalue weighted by atomic mass is 10.1. The zero-order valence-electron chi connectivity index (χ0n) is 14.4. The van der Waals surface area contributed by atoms with Crippen molar-refractivity contribution in [3.05, 3.63) is 54.1 Å². The second-order valence-corrected chi connectivity index (χ2v) is 5.08. The zero-order chi connectivity index (χ0) is 16.7. The van der Waals surface area contributed by atoms with Crippen LogP contribution in [0.4, 0.5) is 11.4 Å². The molecule has 0 saturated heterocycles. The van der Waals surface area contributed by atoms with Gasteiger partial charge in [0.25, 0.3) is 5.91 Å². The van der Waals surface area contributed by atoms with E-state index in [0.717, 1.165) is 24.5 Å². The van der Waals surface area contributed by atoms with Crippen molar-refractivity contribution in [2.75, 3.05) is 25.0 Å². The van der Waals surface area contributed by atoms with Crippen molar-refractivity contribution in [3.8, 4) is 5.75 Å². The molecule has 0 aromatic heterocycles. The van der Waals surface area contributed by atoms with Crippen LogP contribution < -0.4 is 27.4 Å². The molecular formula is C19H24ClN2O2. The Hall–Kier alpha value is -2.04. The van der Waals surface area contributed by atoms with Crippen LogP contribution in [0.1, 0.15) is 31.1 Å². The van der Waals surface area contributed by atoms with Crippen LogP contribution in [0.3, 0.4) is 0 Å². The Morgan fingerprint density at radius 1 is 1.00 bits per heavy atom. The molecule has 1 N–H and O–H groups in total. The third kappa shape index (κ3) is 4.73. The van der Waals surface area contributed by atoms with E-state index < -0.39 is 0 Å². The number of nitrogens with one attached hydrogen (secondary N) is 1. The van der Waals surface area contributed by atoms with Crippen molar-refractivity contribution in [3.63, 3.8) is 0 Å². The van der Waals surface area contributed by atoms with Crippen molar-refractivity contribution in [2.24, 2.45) is 0 Å². The normalized spacial score (nSPS) is 10.2. The van der Waals surface area contributed by atoms with Gasteiger partial charge in [0, 0.05) is 11.8 Å². The van der Waals surface area contributed by atoms with E-state index >= 15 is 0 Å². The number of hydrogen-bond donors (Lipinski definition) is 1. The van der Waals surface area contributed by atoms with Gasteiger partial charge in [-0.3, -0.25) is 4.79 Å². The minimum absolute atomic E-state index is 0. The van der Waals surface area contributed by atoms with Crippen LogP contribution in [0.2, 0.25) is 0 Å². The molecule has 5 heteroatoms. The van der Waals surface area contributed by atoms with Crippen molar-refractivity contribution in [1.82, 2.24) is 4.90 Å². The monoisotopic (exact) mass is 347 g/mol. The summed E-state index contributed by atoms with van der Waals surface area (Å²) in [4.78, 5) is 14.8. The summed E-state index contributed by atoms with van der Waals surface area (Å²) in [5.41, 5.74) is 2.28. The predicted molar refractivity (Wildman–Crippen MR) is 94.9 cm³/mol. The van der Waals surface area contributed by atoms with Crippen LogP contribution in [0.15, 0.2) is 48.5 Å². The van der Waals surface area contributed by atoms with E-state index in [1.54, 1.807) is 6.07 Å². The van der Waals surface area contributed by atoms with Crippen molar-refractivity contribution in [1.29, 1.82) is 0 Å². The van der Waals surface area contributed by atoms with Gasteiger partial charge in [-0.2, -0.15) is 0 Å². The summed E-state index contributed by atoms with van der Waals surface area (Å²) in [7, 11) is 0. The Labute approximate surface area is 150 Å². The van der Waals surface area contributed by atoms with E-state index in [0.29, 0.717) is 17.9 Å². The first-order valence-electron chi connectivity index (χ1n) is 8.08. The maximum absolute atomic E-state index is 12.7. The molecule has 2 rings (SSSR count). The lowest BCUT2D eigenvalue weighted by molar-refractivity contribution is -0.0000131. The van der Waals surface area contributed by atoms with E-state index in [-0.39, 0.29) is 18.3 Å². The highest BCUT2D eigenvalue weighted by Gasteiger charge is 2.25. The Morgan fingerprint density at radius 3 is 2.25 bits per heavy atom. The minimum Gasteiger partial charge on any atom is -1.00 e. The Balaban J connectivity index is 0.00000288. The summed E-state index contributed by atoms with van der Waals surface area (Å²) in [5.74, 6) is 0.487. The van der Waals surface area contributed by atoms with Crippen LogP contribution in [-0.2, 0) is 0 Å². The highest BCUT2D eigenvalue weighted by atomic mass is 35.5. The number of amides is 1. The van der Waals surface area contributed by atoms with Gasteiger partial charge in [-0.25, -0.2) is 0 Å². The average molecular weight is 348 g/mol. The smallest absolute Gasteiger partial charge is 0.259 e. The highest BCUT2D eigenvalue weighted by molar-refractivity contribution is 6.07. The molecule has 129 valence electrons. The fourth-order valence-electron chi connectivity index (χ4n) is 2.53. The number of carbonyl (C=O) groups excluding carboxylic acids is 1. The predicted octanol–water partition coefficient (Wildman–Crippen LogP) is 1.15. The number of rotatable bonds is 7. The topological polar surface area (TPSA) is 44.2 Å². The molecule has 4 nitrogen and oxygen atoms in total. The second-order valence-electron chi connectivity index (χ2n) is 5.08. The third-order valence-corrected chi connectivity index (χ3v) is 3.66. The number of carbonyl (C=O) groups is 1. The maximum atomic E-state index is 12.7. The van der Waals surface area contributed by atoms with Gasteiger partial charge in [0.2, 0.25) is 5.69 Å². The molecule has 0 fully saturated rings. The van der Waals surface area contributed by atoms with Crippen LogP contribution in [-0.4, -0.2) is 25.6 Å². The molecule has 0 bridgehead atoms. The van der Waals surface area contributed by atoms with Crippen molar-refractivity contribution < 1.29 is 21.9 Å². The fourth-order valence-corrected chi connectivity index (χ4v) is 2.53. The molecule has 0 heterocycles. The van der Waals surface area contributed by atoms with Gasteiger partial charge < -0.3 is 22.5 Å². The zero-order valence-corrected chi connectivity index (χ0v) is 15.1. The third-order valence-electron chi connectivity index (χ3n) is 3.66. The van der Waals surface area contributed by atoms with Crippen LogP contribution in [0, 0.1) is 0 Å². The van der Waals surface area contributed by atoms with E-state index in [4.69, 9.17) is 4.74 Å². The first kappa shape index (κ1) is 20.0. The molecule has 0 atom stereocenters. The SMILES string of the molecule is CCOc1c(C(=O)Nc2ccccc2)cccc1[N+](CC)CC.[Cl-]. The number of halogens is 1. The fraction of sp³-hybridized carbons (Fsp3) is 0.316. The van der Waals surface area contributed by atoms with Crippen LogP contribution in [0.25, 0.3) is 0 Å². The van der Waals surface area contributed by atoms with Crippen molar-refractivity contribution >= 4 is 17.3 Å².